The summed E-state index contributed by atoms with van der Waals surface area (Å²) >= 11 is 0. The Bertz CT molecular complexity index is 1180. The van der Waals surface area contributed by atoms with E-state index in [2.05, 4.69) is 54.3 Å². The van der Waals surface area contributed by atoms with Gasteiger partial charge in [0.25, 0.3) is 0 Å². The first-order valence-electron chi connectivity index (χ1n) is 12.8. The Balaban J connectivity index is 1.53. The summed E-state index contributed by atoms with van der Waals surface area (Å²) in [5, 5.41) is 2.93. The average Bonchev–Trinajstić information content (AvgIpc) is 2.85. The highest BCUT2D eigenvalue weighted by atomic mass is 32.2. The second kappa shape index (κ2) is 12.3. The van der Waals surface area contributed by atoms with E-state index in [1.54, 1.807) is 33.1 Å². The van der Waals surface area contributed by atoms with Gasteiger partial charge in [-0.15, -0.1) is 0 Å². The predicted octanol–water partition coefficient (Wildman–Crippen LogP) is 3.48. The number of carbonyl (C=O) groups excluding carboxylic acids is 1. The molecular formula is C28H42N4O4S. The number of sulfonamides is 1. The number of rotatable bonds is 10. The third-order valence-electron chi connectivity index (χ3n) is 7.28. The summed E-state index contributed by atoms with van der Waals surface area (Å²) in [7, 11) is 3.63. The number of benzene rings is 2. The van der Waals surface area contributed by atoms with Gasteiger partial charge < -0.3 is 19.9 Å². The van der Waals surface area contributed by atoms with Gasteiger partial charge in [0, 0.05) is 51.4 Å². The molecule has 204 valence electrons. The molecule has 3 rings (SSSR count). The Morgan fingerprint density at radius 1 is 1.03 bits per heavy atom. The van der Waals surface area contributed by atoms with Gasteiger partial charge in [-0.1, -0.05) is 12.1 Å². The van der Waals surface area contributed by atoms with Crippen molar-refractivity contribution in [2.24, 2.45) is 0 Å². The van der Waals surface area contributed by atoms with Gasteiger partial charge in [0.05, 0.1) is 12.0 Å². The van der Waals surface area contributed by atoms with Gasteiger partial charge in [-0.2, -0.15) is 0 Å². The maximum atomic E-state index is 13.2. The van der Waals surface area contributed by atoms with Crippen molar-refractivity contribution in [2.75, 3.05) is 52.8 Å². The molecule has 1 fully saturated rings. The fraction of sp³-hybridized carbons (Fsp3) is 0.536. The first-order valence-corrected chi connectivity index (χ1v) is 14.3. The molecule has 0 unspecified atom stereocenters. The summed E-state index contributed by atoms with van der Waals surface area (Å²) in [4.78, 5) is 17.5. The van der Waals surface area contributed by atoms with Gasteiger partial charge in [-0.05, 0) is 88.2 Å². The van der Waals surface area contributed by atoms with Crippen molar-refractivity contribution in [3.05, 3.63) is 52.6 Å². The molecular weight excluding hydrogens is 488 g/mol. The van der Waals surface area contributed by atoms with Gasteiger partial charge in [0.15, 0.2) is 0 Å². The van der Waals surface area contributed by atoms with Crippen molar-refractivity contribution in [1.29, 1.82) is 0 Å². The van der Waals surface area contributed by atoms with Gasteiger partial charge in [0.1, 0.15) is 5.75 Å². The molecule has 0 aromatic heterocycles. The van der Waals surface area contributed by atoms with Crippen LogP contribution >= 0.6 is 0 Å². The number of nitrogens with one attached hydrogen (secondary N) is 1. The van der Waals surface area contributed by atoms with Crippen molar-refractivity contribution in [3.8, 4) is 5.75 Å². The molecule has 1 N–H and O–H groups in total. The van der Waals surface area contributed by atoms with E-state index in [9.17, 15) is 13.2 Å². The lowest BCUT2D eigenvalue weighted by atomic mass is 10.0. The van der Waals surface area contributed by atoms with Crippen LogP contribution in [0.4, 0.5) is 5.69 Å². The van der Waals surface area contributed by atoms with E-state index in [-0.39, 0.29) is 23.8 Å². The van der Waals surface area contributed by atoms with Gasteiger partial charge in [-0.25, -0.2) is 12.7 Å². The van der Waals surface area contributed by atoms with E-state index < -0.39 is 10.0 Å². The van der Waals surface area contributed by atoms with Crippen LogP contribution in [0.5, 0.6) is 5.75 Å². The molecule has 9 heteroatoms. The Morgan fingerprint density at radius 2 is 1.65 bits per heavy atom. The van der Waals surface area contributed by atoms with E-state index in [4.69, 9.17) is 4.74 Å². The number of amides is 1. The number of anilines is 1. The molecule has 1 aliphatic heterocycles. The second-order valence-corrected chi connectivity index (χ2v) is 12.2. The normalized spacial score (nSPS) is 14.9. The molecule has 1 heterocycles. The summed E-state index contributed by atoms with van der Waals surface area (Å²) in [5.41, 5.74) is 4.72. The van der Waals surface area contributed by atoms with E-state index in [1.807, 2.05) is 0 Å². The lowest BCUT2D eigenvalue weighted by Gasteiger charge is -2.37. The zero-order valence-corrected chi connectivity index (χ0v) is 24.1. The molecule has 1 amide bonds. The number of hydrogen-bond acceptors (Lipinski definition) is 6. The minimum absolute atomic E-state index is 0.0852. The smallest absolute Gasteiger partial charge is 0.243 e. The molecule has 0 bridgehead atoms. The molecule has 0 radical (unpaired) electrons. The van der Waals surface area contributed by atoms with Crippen LogP contribution in [0.15, 0.2) is 35.2 Å². The Kier molecular flexibility index (Phi) is 9.61. The number of methoxy groups -OCH3 is 1. The molecule has 0 atom stereocenters. The largest absolute Gasteiger partial charge is 0.497 e. The van der Waals surface area contributed by atoms with Crippen LogP contribution in [0, 0.1) is 20.8 Å². The fourth-order valence-corrected chi connectivity index (χ4v) is 6.64. The number of aryl methyl sites for hydroxylation is 3. The molecule has 1 saturated heterocycles. The Labute approximate surface area is 222 Å². The average molecular weight is 531 g/mol. The number of carbonyl (C=O) groups is 1. The molecule has 1 aliphatic rings. The summed E-state index contributed by atoms with van der Waals surface area (Å²) in [6.45, 7) is 8.22. The Hall–Kier alpha value is -2.62. The highest BCUT2D eigenvalue weighted by Crippen LogP contribution is 2.28. The highest BCUT2D eigenvalue weighted by Gasteiger charge is 2.26. The van der Waals surface area contributed by atoms with Gasteiger partial charge >= 0.3 is 0 Å². The van der Waals surface area contributed by atoms with Crippen LogP contribution in [0.1, 0.15) is 41.5 Å². The van der Waals surface area contributed by atoms with Crippen molar-refractivity contribution >= 4 is 21.6 Å². The maximum Gasteiger partial charge on any atom is 0.243 e. The first-order chi connectivity index (χ1) is 17.4. The van der Waals surface area contributed by atoms with Crippen molar-refractivity contribution in [2.45, 2.75) is 57.5 Å². The van der Waals surface area contributed by atoms with Crippen LogP contribution in [0.3, 0.4) is 0 Å². The second-order valence-electron chi connectivity index (χ2n) is 10.2. The molecule has 0 spiro atoms. The third kappa shape index (κ3) is 7.03. The van der Waals surface area contributed by atoms with Crippen LogP contribution in [-0.4, -0.2) is 77.5 Å². The highest BCUT2D eigenvalue weighted by molar-refractivity contribution is 7.89. The lowest BCUT2D eigenvalue weighted by molar-refractivity contribution is -0.121. The van der Waals surface area contributed by atoms with Crippen molar-refractivity contribution in [3.63, 3.8) is 0 Å². The minimum Gasteiger partial charge on any atom is -0.497 e. The van der Waals surface area contributed by atoms with Gasteiger partial charge in [-0.3, -0.25) is 4.79 Å². The molecule has 0 aliphatic carbocycles. The summed E-state index contributed by atoms with van der Waals surface area (Å²) in [5.74, 6) is 0.436. The summed E-state index contributed by atoms with van der Waals surface area (Å²) in [6, 6.07) is 10.4. The van der Waals surface area contributed by atoms with Crippen LogP contribution in [0.2, 0.25) is 0 Å². The summed E-state index contributed by atoms with van der Waals surface area (Å²) in [6.07, 6.45) is 2.40. The SMILES string of the molecule is COc1cc(C)c(S(=O)(=O)N(C)CCC(=O)NCc2ccc(N3CCC(N(C)C)CC3)c(C)c2)c(C)c1. The topological polar surface area (TPSA) is 82.2 Å². The van der Waals surface area contributed by atoms with Gasteiger partial charge in [0.2, 0.25) is 15.9 Å². The zero-order chi connectivity index (χ0) is 27.3. The van der Waals surface area contributed by atoms with E-state index >= 15 is 0 Å². The molecule has 8 nitrogen and oxygen atoms in total. The lowest BCUT2D eigenvalue weighted by Crippen LogP contribution is -2.42. The zero-order valence-electron chi connectivity index (χ0n) is 23.3. The quantitative estimate of drug-likeness (QED) is 0.507. The number of nitrogens with zero attached hydrogens (tertiary/aromatic N) is 3. The Morgan fingerprint density at radius 3 is 2.19 bits per heavy atom. The number of ether oxygens (including phenoxy) is 1. The van der Waals surface area contributed by atoms with Crippen LogP contribution in [0.25, 0.3) is 0 Å². The minimum atomic E-state index is -3.73. The van der Waals surface area contributed by atoms with E-state index in [0.29, 0.717) is 29.5 Å². The number of hydrogen-bond donors (Lipinski definition) is 1. The van der Waals surface area contributed by atoms with E-state index in [0.717, 1.165) is 31.5 Å². The monoisotopic (exact) mass is 530 g/mol. The van der Waals surface area contributed by atoms with Crippen molar-refractivity contribution < 1.29 is 17.9 Å². The third-order valence-corrected chi connectivity index (χ3v) is 9.44. The van der Waals surface area contributed by atoms with Crippen LogP contribution in [-0.2, 0) is 21.4 Å². The maximum absolute atomic E-state index is 13.2. The first kappa shape index (κ1) is 28.9. The fourth-order valence-electron chi connectivity index (χ4n) is 5.06. The van der Waals surface area contributed by atoms with Crippen molar-refractivity contribution in [1.82, 2.24) is 14.5 Å². The molecule has 2 aromatic carbocycles. The standard InChI is InChI=1S/C28H42N4O4S/c1-20-16-23(8-9-26(20)32-14-10-24(11-15-32)30(4)5)19-29-27(33)12-13-31(6)37(34,35)28-21(2)17-25(36-7)18-22(28)3/h8-9,16-18,24H,10-15,19H2,1-7H3,(H,29,33). The number of piperidine rings is 1. The predicted molar refractivity (Wildman–Crippen MR) is 149 cm³/mol. The molecule has 2 aromatic rings. The molecule has 0 saturated carbocycles. The van der Waals surface area contributed by atoms with Crippen LogP contribution < -0.4 is 15.0 Å². The summed E-state index contributed by atoms with van der Waals surface area (Å²) < 4.78 is 32.8. The molecule has 37 heavy (non-hydrogen) atoms. The van der Waals surface area contributed by atoms with E-state index in [1.165, 1.54) is 22.6 Å².